The molecule has 0 radical (unpaired) electrons. The molecule has 0 saturated heterocycles. The molecule has 0 amide bonds. The van der Waals surface area contributed by atoms with Crippen LogP contribution >= 0.6 is 0 Å². The second kappa shape index (κ2) is 5.61. The Morgan fingerprint density at radius 2 is 1.79 bits per heavy atom. The zero-order valence-corrected chi connectivity index (χ0v) is 11.1. The van der Waals surface area contributed by atoms with Gasteiger partial charge in [-0.2, -0.15) is 0 Å². The van der Waals surface area contributed by atoms with E-state index in [0.717, 1.165) is 23.8 Å². The third-order valence-corrected chi connectivity index (χ3v) is 3.26. The second-order valence-corrected chi connectivity index (χ2v) is 4.53. The molecule has 0 atom stereocenters. The van der Waals surface area contributed by atoms with Gasteiger partial charge in [0.25, 0.3) is 0 Å². The monoisotopic (exact) mass is 252 g/mol. The molecule has 0 N–H and O–H groups in total. The van der Waals surface area contributed by atoms with Crippen molar-refractivity contribution in [1.29, 1.82) is 0 Å². The molecule has 0 aliphatic heterocycles. The van der Waals surface area contributed by atoms with Gasteiger partial charge in [-0.1, -0.05) is 49.4 Å². The zero-order chi connectivity index (χ0) is 13.8. The summed E-state index contributed by atoms with van der Waals surface area (Å²) >= 11 is 0. The highest BCUT2D eigenvalue weighted by molar-refractivity contribution is 5.95. The van der Waals surface area contributed by atoms with Gasteiger partial charge in [0.15, 0.2) is 12.1 Å². The summed E-state index contributed by atoms with van der Waals surface area (Å²) < 4.78 is 0. The molecular weight excluding hydrogens is 236 g/mol. The van der Waals surface area contributed by atoms with E-state index in [9.17, 15) is 9.59 Å². The molecule has 2 rings (SSSR count). The van der Waals surface area contributed by atoms with E-state index in [1.54, 1.807) is 19.1 Å². The largest absolute Gasteiger partial charge is 0.298 e. The Morgan fingerprint density at radius 1 is 1.11 bits per heavy atom. The van der Waals surface area contributed by atoms with E-state index in [2.05, 4.69) is 6.92 Å². The van der Waals surface area contributed by atoms with Crippen LogP contribution in [0.25, 0.3) is 11.1 Å². The van der Waals surface area contributed by atoms with Crippen molar-refractivity contribution in [2.24, 2.45) is 0 Å². The van der Waals surface area contributed by atoms with Crippen molar-refractivity contribution < 1.29 is 9.59 Å². The van der Waals surface area contributed by atoms with Gasteiger partial charge >= 0.3 is 0 Å². The number of ketones is 1. The molecule has 0 saturated carbocycles. The van der Waals surface area contributed by atoms with Crippen LogP contribution in [0.15, 0.2) is 42.5 Å². The number of aryl methyl sites for hydroxylation is 1. The van der Waals surface area contributed by atoms with Crippen molar-refractivity contribution in [3.05, 3.63) is 59.2 Å². The fraction of sp³-hybridized carbons (Fsp3) is 0.176. The van der Waals surface area contributed by atoms with Crippen molar-refractivity contribution in [2.75, 3.05) is 0 Å². The Balaban J connectivity index is 2.50. The summed E-state index contributed by atoms with van der Waals surface area (Å²) in [4.78, 5) is 22.4. The summed E-state index contributed by atoms with van der Waals surface area (Å²) in [6.45, 7) is 3.63. The molecule has 0 bridgehead atoms. The number of Topliss-reactive ketones (excluding diaryl/α,β-unsaturated/α-hetero) is 1. The van der Waals surface area contributed by atoms with Crippen LogP contribution in [0.1, 0.15) is 40.1 Å². The van der Waals surface area contributed by atoms with Gasteiger partial charge in [0.2, 0.25) is 0 Å². The number of benzene rings is 2. The Hall–Kier alpha value is -2.22. The third-order valence-electron chi connectivity index (χ3n) is 3.26. The third kappa shape index (κ3) is 2.79. The number of rotatable bonds is 4. The Labute approximate surface area is 113 Å². The maximum absolute atomic E-state index is 11.3. The minimum atomic E-state index is 0.0458. The van der Waals surface area contributed by atoms with Crippen LogP contribution in [0.3, 0.4) is 0 Å². The highest BCUT2D eigenvalue weighted by atomic mass is 16.1. The van der Waals surface area contributed by atoms with Crippen molar-refractivity contribution in [2.45, 2.75) is 20.3 Å². The van der Waals surface area contributed by atoms with Gasteiger partial charge in [-0.3, -0.25) is 9.59 Å². The lowest BCUT2D eigenvalue weighted by Gasteiger charge is -2.08. The maximum atomic E-state index is 11.3. The number of carbonyl (C=O) groups is 2. The topological polar surface area (TPSA) is 34.1 Å². The van der Waals surface area contributed by atoms with Gasteiger partial charge in [0, 0.05) is 11.1 Å². The molecule has 0 aliphatic rings. The van der Waals surface area contributed by atoms with Gasteiger partial charge in [-0.15, -0.1) is 0 Å². The first-order valence-corrected chi connectivity index (χ1v) is 6.35. The van der Waals surface area contributed by atoms with Crippen LogP contribution in [-0.2, 0) is 6.42 Å². The van der Waals surface area contributed by atoms with E-state index >= 15 is 0 Å². The van der Waals surface area contributed by atoms with Gasteiger partial charge in [0.05, 0.1) is 0 Å². The van der Waals surface area contributed by atoms with E-state index < -0.39 is 0 Å². The van der Waals surface area contributed by atoms with Crippen molar-refractivity contribution in [3.63, 3.8) is 0 Å². The summed E-state index contributed by atoms with van der Waals surface area (Å²) in [7, 11) is 0. The lowest BCUT2D eigenvalue weighted by molar-refractivity contribution is 0.101. The number of aldehydes is 1. The Bertz CT molecular complexity index is 610. The fourth-order valence-electron chi connectivity index (χ4n) is 2.06. The quantitative estimate of drug-likeness (QED) is 0.610. The minimum Gasteiger partial charge on any atom is -0.298 e. The van der Waals surface area contributed by atoms with Crippen LogP contribution in [0.4, 0.5) is 0 Å². The first-order valence-electron chi connectivity index (χ1n) is 6.35. The normalized spacial score (nSPS) is 10.2. The lowest BCUT2D eigenvalue weighted by atomic mass is 9.96. The Morgan fingerprint density at radius 3 is 2.32 bits per heavy atom. The van der Waals surface area contributed by atoms with Crippen LogP contribution in [0, 0.1) is 0 Å². The molecule has 19 heavy (non-hydrogen) atoms. The average Bonchev–Trinajstić information content (AvgIpc) is 2.46. The van der Waals surface area contributed by atoms with Gasteiger partial charge in [-0.05, 0) is 30.0 Å². The summed E-state index contributed by atoms with van der Waals surface area (Å²) in [5, 5.41) is 0. The molecule has 0 aliphatic carbocycles. The van der Waals surface area contributed by atoms with Crippen LogP contribution in [-0.4, -0.2) is 12.1 Å². The summed E-state index contributed by atoms with van der Waals surface area (Å²) in [5.41, 5.74) is 4.43. The van der Waals surface area contributed by atoms with Crippen molar-refractivity contribution in [3.8, 4) is 11.1 Å². The standard InChI is InChI=1S/C17H16O2/c1-3-13-4-5-16(11-18)17(10-13)15-8-6-14(7-9-15)12(2)19/h4-11H,3H2,1-2H3. The molecule has 0 unspecified atom stereocenters. The molecule has 2 heteroatoms. The second-order valence-electron chi connectivity index (χ2n) is 4.53. The molecule has 96 valence electrons. The van der Waals surface area contributed by atoms with Crippen LogP contribution < -0.4 is 0 Å². The summed E-state index contributed by atoms with van der Waals surface area (Å²) in [5.74, 6) is 0.0458. The van der Waals surface area contributed by atoms with E-state index in [4.69, 9.17) is 0 Å². The van der Waals surface area contributed by atoms with E-state index in [-0.39, 0.29) is 5.78 Å². The van der Waals surface area contributed by atoms with Gasteiger partial charge in [0.1, 0.15) is 0 Å². The summed E-state index contributed by atoms with van der Waals surface area (Å²) in [6.07, 6.45) is 1.80. The molecule has 0 aromatic heterocycles. The predicted octanol–water partition coefficient (Wildman–Crippen LogP) is 3.93. The van der Waals surface area contributed by atoms with Crippen LogP contribution in [0.5, 0.6) is 0 Å². The molecule has 0 heterocycles. The van der Waals surface area contributed by atoms with E-state index in [0.29, 0.717) is 11.1 Å². The SMILES string of the molecule is CCc1ccc(C=O)c(-c2ccc(C(C)=O)cc2)c1. The molecule has 0 fully saturated rings. The van der Waals surface area contributed by atoms with Crippen LogP contribution in [0.2, 0.25) is 0 Å². The molecule has 2 nitrogen and oxygen atoms in total. The minimum absolute atomic E-state index is 0.0458. The Kier molecular flexibility index (Phi) is 3.91. The number of hydrogen-bond acceptors (Lipinski definition) is 2. The van der Waals surface area contributed by atoms with Crippen molar-refractivity contribution in [1.82, 2.24) is 0 Å². The first-order chi connectivity index (χ1) is 9.15. The van der Waals surface area contributed by atoms with Gasteiger partial charge in [-0.25, -0.2) is 0 Å². The average molecular weight is 252 g/mol. The highest BCUT2D eigenvalue weighted by Crippen LogP contribution is 2.25. The zero-order valence-electron chi connectivity index (χ0n) is 11.1. The molecule has 2 aromatic carbocycles. The van der Waals surface area contributed by atoms with Crippen molar-refractivity contribution >= 4 is 12.1 Å². The predicted molar refractivity (Wildman–Crippen MR) is 76.6 cm³/mol. The maximum Gasteiger partial charge on any atom is 0.159 e. The fourth-order valence-corrected chi connectivity index (χ4v) is 2.06. The first kappa shape index (κ1) is 13.2. The highest BCUT2D eigenvalue weighted by Gasteiger charge is 2.06. The number of hydrogen-bond donors (Lipinski definition) is 0. The summed E-state index contributed by atoms with van der Waals surface area (Å²) in [6, 6.07) is 13.2. The molecule has 0 spiro atoms. The number of carbonyl (C=O) groups excluding carboxylic acids is 2. The van der Waals surface area contributed by atoms with E-state index in [1.165, 1.54) is 5.56 Å². The lowest BCUT2D eigenvalue weighted by Crippen LogP contribution is -1.93. The van der Waals surface area contributed by atoms with Gasteiger partial charge < -0.3 is 0 Å². The molecular formula is C17H16O2. The van der Waals surface area contributed by atoms with E-state index in [1.807, 2.05) is 30.3 Å². The molecule has 2 aromatic rings. The smallest absolute Gasteiger partial charge is 0.159 e.